The molecule has 2 atom stereocenters. The van der Waals surface area contributed by atoms with Crippen LogP contribution in [0.5, 0.6) is 5.75 Å². The van der Waals surface area contributed by atoms with Gasteiger partial charge in [0.1, 0.15) is 17.6 Å². The third-order valence-electron chi connectivity index (χ3n) is 5.44. The zero-order valence-corrected chi connectivity index (χ0v) is 19.9. The van der Waals surface area contributed by atoms with Gasteiger partial charge in [-0.1, -0.05) is 83.5 Å². The summed E-state index contributed by atoms with van der Waals surface area (Å²) in [5, 5.41) is 12.1. The second-order valence-electron chi connectivity index (χ2n) is 7.86. The molecule has 3 aromatic carbocycles. The van der Waals surface area contributed by atoms with Gasteiger partial charge in [0.15, 0.2) is 5.82 Å². The highest BCUT2D eigenvalue weighted by Gasteiger charge is 2.38. The number of nitrogens with zero attached hydrogens (tertiary/aromatic N) is 3. The summed E-state index contributed by atoms with van der Waals surface area (Å²) in [5.41, 5.74) is 6.14. The Bertz CT molecular complexity index is 1300. The van der Waals surface area contributed by atoms with E-state index in [0.717, 1.165) is 16.9 Å². The van der Waals surface area contributed by atoms with Crippen molar-refractivity contribution in [1.82, 2.24) is 14.9 Å². The maximum atomic E-state index is 13.4. The van der Waals surface area contributed by atoms with E-state index in [1.807, 2.05) is 73.7 Å². The molecule has 0 radical (unpaired) electrons. The number of carbonyl (C=O) groups excluding carboxylic acids is 1. The van der Waals surface area contributed by atoms with E-state index in [-0.39, 0.29) is 18.6 Å². The molecule has 0 saturated carbocycles. The Balaban J connectivity index is 1.43. The van der Waals surface area contributed by atoms with Gasteiger partial charge < -0.3 is 15.5 Å². The van der Waals surface area contributed by atoms with Crippen LogP contribution >= 0.6 is 23.4 Å². The van der Waals surface area contributed by atoms with Crippen molar-refractivity contribution < 1.29 is 9.53 Å². The van der Waals surface area contributed by atoms with Gasteiger partial charge in [0.2, 0.25) is 11.1 Å². The van der Waals surface area contributed by atoms with Crippen molar-refractivity contribution >= 4 is 35.0 Å². The van der Waals surface area contributed by atoms with Crippen LogP contribution in [0.2, 0.25) is 5.02 Å². The first-order chi connectivity index (χ1) is 16.6. The molecule has 0 fully saturated rings. The number of fused-ring (bicyclic) bond motifs is 1. The minimum absolute atomic E-state index is 0.174. The third kappa shape index (κ3) is 4.73. The van der Waals surface area contributed by atoms with Gasteiger partial charge in [-0.25, -0.2) is 4.68 Å². The van der Waals surface area contributed by atoms with Crippen LogP contribution < -0.4 is 15.5 Å². The van der Waals surface area contributed by atoms with Crippen molar-refractivity contribution in [2.75, 3.05) is 10.7 Å². The predicted octanol–water partition coefficient (Wildman–Crippen LogP) is 5.22. The lowest BCUT2D eigenvalue weighted by atomic mass is 10.0. The maximum Gasteiger partial charge on any atom is 0.240 e. The lowest BCUT2D eigenvalue weighted by molar-refractivity contribution is -0.116. The molecule has 0 saturated heterocycles. The fourth-order valence-electron chi connectivity index (χ4n) is 3.65. The summed E-state index contributed by atoms with van der Waals surface area (Å²) in [7, 11) is 0. The van der Waals surface area contributed by atoms with Crippen LogP contribution in [0, 0.1) is 6.92 Å². The number of aromatic nitrogens is 3. The average Bonchev–Trinajstić information content (AvgIpc) is 3.26. The third-order valence-corrected chi connectivity index (χ3v) is 6.99. The van der Waals surface area contributed by atoms with Crippen LogP contribution in [-0.2, 0) is 11.4 Å². The van der Waals surface area contributed by atoms with Crippen molar-refractivity contribution in [3.8, 4) is 5.75 Å². The first-order valence-electron chi connectivity index (χ1n) is 10.8. The van der Waals surface area contributed by atoms with E-state index in [2.05, 4.69) is 20.9 Å². The number of anilines is 1. The molecule has 5 rings (SSSR count). The number of carbonyl (C=O) groups is 1. The van der Waals surface area contributed by atoms with Crippen molar-refractivity contribution in [3.05, 3.63) is 101 Å². The zero-order valence-electron chi connectivity index (χ0n) is 18.3. The minimum Gasteiger partial charge on any atom is -0.486 e. The van der Waals surface area contributed by atoms with E-state index >= 15 is 0 Å². The van der Waals surface area contributed by atoms with E-state index in [0.29, 0.717) is 21.7 Å². The molecule has 1 aromatic heterocycles. The Morgan fingerprint density at radius 1 is 1.06 bits per heavy atom. The molecular formula is C25H22ClN5O2S. The Labute approximate surface area is 206 Å². The maximum absolute atomic E-state index is 13.4. The fraction of sp³-hybridized carbons (Fsp3) is 0.160. The van der Waals surface area contributed by atoms with Gasteiger partial charge in [0, 0.05) is 0 Å². The van der Waals surface area contributed by atoms with Gasteiger partial charge in [-0.3, -0.25) is 4.79 Å². The number of rotatable bonds is 6. The predicted molar refractivity (Wildman–Crippen MR) is 134 cm³/mol. The second-order valence-corrected chi connectivity index (χ2v) is 9.38. The minimum atomic E-state index is -0.501. The van der Waals surface area contributed by atoms with Crippen LogP contribution in [0.4, 0.5) is 5.69 Å². The molecule has 0 unspecified atom stereocenters. The highest BCUT2D eigenvalue weighted by molar-refractivity contribution is 8.00. The molecule has 0 aliphatic carbocycles. The molecule has 1 aliphatic rings. The number of halogens is 1. The van der Waals surface area contributed by atoms with Gasteiger partial charge in [0.05, 0.1) is 16.8 Å². The van der Waals surface area contributed by atoms with Crippen LogP contribution in [0.15, 0.2) is 84.0 Å². The topological polar surface area (TPSA) is 81.1 Å². The monoisotopic (exact) mass is 491 g/mol. The average molecular weight is 492 g/mol. The molecular weight excluding hydrogens is 470 g/mol. The van der Waals surface area contributed by atoms with Crippen molar-refractivity contribution in [2.24, 2.45) is 0 Å². The summed E-state index contributed by atoms with van der Waals surface area (Å²) < 4.78 is 7.68. The number of hydrogen-bond acceptors (Lipinski definition) is 6. The summed E-state index contributed by atoms with van der Waals surface area (Å²) in [4.78, 5) is 13.4. The number of thioether (sulfide) groups is 1. The van der Waals surface area contributed by atoms with Crippen LogP contribution in [0.3, 0.4) is 0 Å². The molecule has 7 nitrogen and oxygen atoms in total. The molecule has 0 bridgehead atoms. The number of hydrogen-bond donors (Lipinski definition) is 2. The molecule has 9 heteroatoms. The van der Waals surface area contributed by atoms with Crippen LogP contribution in [0.25, 0.3) is 0 Å². The van der Waals surface area contributed by atoms with Gasteiger partial charge in [-0.05, 0) is 36.8 Å². The van der Waals surface area contributed by atoms with E-state index in [9.17, 15) is 4.79 Å². The Hall–Kier alpha value is -3.49. The van der Waals surface area contributed by atoms with Crippen molar-refractivity contribution in [2.45, 2.75) is 30.0 Å². The zero-order chi connectivity index (χ0) is 23.5. The van der Waals surface area contributed by atoms with Gasteiger partial charge in [0.25, 0.3) is 0 Å². The smallest absolute Gasteiger partial charge is 0.240 e. The molecule has 4 aromatic rings. The first kappa shape index (κ1) is 22.3. The van der Waals surface area contributed by atoms with Crippen LogP contribution in [-0.4, -0.2) is 26.0 Å². The van der Waals surface area contributed by atoms with Crippen molar-refractivity contribution in [3.63, 3.8) is 0 Å². The number of benzene rings is 3. The van der Waals surface area contributed by atoms with E-state index in [1.54, 1.807) is 16.8 Å². The second kappa shape index (κ2) is 9.79. The summed E-state index contributed by atoms with van der Waals surface area (Å²) in [5.74, 6) is 1.19. The quantitative estimate of drug-likeness (QED) is 0.385. The largest absolute Gasteiger partial charge is 0.486 e. The fourth-order valence-corrected chi connectivity index (χ4v) is 4.93. The summed E-state index contributed by atoms with van der Waals surface area (Å²) in [6, 6.07) is 24.5. The van der Waals surface area contributed by atoms with E-state index in [1.165, 1.54) is 11.8 Å². The first-order valence-corrected chi connectivity index (χ1v) is 12.0. The number of aryl methyl sites for hydroxylation is 1. The Kier molecular flexibility index (Phi) is 6.42. The lowest BCUT2D eigenvalue weighted by Gasteiger charge is -2.33. The highest BCUT2D eigenvalue weighted by atomic mass is 35.5. The SMILES string of the molecule is Cc1ccc([C@@H]2Nn3c(COc4ccccc4)nnc3S[C@H]2C(=O)Nc2ccccc2Cl)cc1. The molecule has 1 aliphatic heterocycles. The molecule has 1 amide bonds. The van der Waals surface area contributed by atoms with E-state index < -0.39 is 5.25 Å². The standard InChI is InChI=1S/C25H22ClN5O2S/c1-16-11-13-17(14-12-16)22-23(24(32)27-20-10-6-5-9-19(20)26)34-25-29-28-21(31(25)30-22)15-33-18-7-3-2-4-8-18/h2-14,22-23,30H,15H2,1H3,(H,27,32)/t22-,23+/m0/s1. The highest BCUT2D eigenvalue weighted by Crippen LogP contribution is 2.38. The molecule has 172 valence electrons. The lowest BCUT2D eigenvalue weighted by Crippen LogP contribution is -2.41. The summed E-state index contributed by atoms with van der Waals surface area (Å²) in [6.07, 6.45) is 0. The molecule has 2 heterocycles. The number of amides is 1. The molecule has 2 N–H and O–H groups in total. The van der Waals surface area contributed by atoms with Crippen molar-refractivity contribution in [1.29, 1.82) is 0 Å². The molecule has 34 heavy (non-hydrogen) atoms. The Morgan fingerprint density at radius 2 is 1.79 bits per heavy atom. The summed E-state index contributed by atoms with van der Waals surface area (Å²) in [6.45, 7) is 2.27. The number of para-hydroxylation sites is 2. The number of ether oxygens (including phenoxy) is 1. The summed E-state index contributed by atoms with van der Waals surface area (Å²) >= 11 is 7.63. The van der Waals surface area contributed by atoms with Gasteiger partial charge in [-0.15, -0.1) is 10.2 Å². The van der Waals surface area contributed by atoms with E-state index in [4.69, 9.17) is 16.3 Å². The normalized spacial score (nSPS) is 16.9. The van der Waals surface area contributed by atoms with Gasteiger partial charge >= 0.3 is 0 Å². The number of nitrogens with one attached hydrogen (secondary N) is 2. The van der Waals surface area contributed by atoms with Crippen LogP contribution in [0.1, 0.15) is 23.0 Å². The Morgan fingerprint density at radius 3 is 2.56 bits per heavy atom. The molecule has 0 spiro atoms. The van der Waals surface area contributed by atoms with Gasteiger partial charge in [-0.2, -0.15) is 0 Å².